The average molecular weight is 497 g/mol. The predicted molar refractivity (Wildman–Crippen MR) is 133 cm³/mol. The Bertz CT molecular complexity index is 1190. The molecule has 0 amide bonds. The topological polar surface area (TPSA) is 61.8 Å². The van der Waals surface area contributed by atoms with E-state index in [1.54, 1.807) is 23.5 Å². The van der Waals surface area contributed by atoms with Gasteiger partial charge in [-0.05, 0) is 53.4 Å². The van der Waals surface area contributed by atoms with E-state index in [2.05, 4.69) is 31.2 Å². The van der Waals surface area contributed by atoms with Gasteiger partial charge < -0.3 is 14.2 Å². The summed E-state index contributed by atoms with van der Waals surface area (Å²) in [6.45, 7) is 4.98. The molecule has 1 aromatic heterocycles. The second-order valence-corrected chi connectivity index (χ2v) is 10.1. The average Bonchev–Trinajstić information content (AvgIpc) is 3.27. The maximum atomic E-state index is 13.3. The zero-order valence-electron chi connectivity index (χ0n) is 20.1. The molecule has 3 aromatic rings. The van der Waals surface area contributed by atoms with Crippen LogP contribution >= 0.6 is 11.3 Å². The second-order valence-electron chi connectivity index (χ2n) is 8.89. The van der Waals surface area contributed by atoms with Crippen molar-refractivity contribution >= 4 is 23.3 Å². The molecule has 0 bridgehead atoms. The summed E-state index contributed by atoms with van der Waals surface area (Å²) in [5.74, 6) is -0.941. The van der Waals surface area contributed by atoms with Crippen LogP contribution in [0.5, 0.6) is 0 Å². The van der Waals surface area contributed by atoms with Gasteiger partial charge in [0.2, 0.25) is 0 Å². The van der Waals surface area contributed by atoms with E-state index in [4.69, 9.17) is 14.2 Å². The summed E-state index contributed by atoms with van der Waals surface area (Å²) in [6, 6.07) is 17.0. The molecular formula is C28H29FO5S. The molecule has 5 nitrogen and oxygen atoms in total. The molecule has 184 valence electrons. The van der Waals surface area contributed by atoms with Crippen LogP contribution in [-0.4, -0.2) is 30.8 Å². The maximum absolute atomic E-state index is 13.3. The maximum Gasteiger partial charge on any atom is 0.302 e. The first-order valence-corrected chi connectivity index (χ1v) is 12.5. The zero-order chi connectivity index (χ0) is 24.9. The number of carbonyl (C=O) groups excluding carboxylic acids is 2. The standard InChI is InChI=1S/C28H29FO5S/c1-17-4-5-21(27-15-24(33-19(3)31)14-25(34-27)16-32-18(2)30)12-22(17)13-26-10-11-28(35-26)20-6-8-23(29)9-7-20/h4-12,24-25,27H,13-16H2,1-3H3. The van der Waals surface area contributed by atoms with Gasteiger partial charge in [-0.2, -0.15) is 0 Å². The number of carbonyl (C=O) groups is 2. The molecule has 0 saturated carbocycles. The quantitative estimate of drug-likeness (QED) is 0.366. The first-order valence-electron chi connectivity index (χ1n) is 11.7. The number of thiophene rings is 1. The SMILES string of the molecule is CC(=O)OCC1CC(OC(C)=O)CC(c2ccc(C)c(Cc3ccc(-c4ccc(F)cc4)s3)c2)O1. The summed E-state index contributed by atoms with van der Waals surface area (Å²) >= 11 is 1.69. The van der Waals surface area contributed by atoms with Gasteiger partial charge in [-0.25, -0.2) is 4.39 Å². The lowest BCUT2D eigenvalue weighted by Gasteiger charge is -2.35. The minimum absolute atomic E-state index is 0.129. The third-order valence-corrected chi connectivity index (χ3v) is 7.20. The van der Waals surface area contributed by atoms with Crippen molar-refractivity contribution in [3.05, 3.63) is 82.0 Å². The van der Waals surface area contributed by atoms with Gasteiger partial charge in [0.1, 0.15) is 18.5 Å². The van der Waals surface area contributed by atoms with Crippen LogP contribution in [-0.2, 0) is 30.2 Å². The molecule has 3 unspecified atom stereocenters. The largest absolute Gasteiger partial charge is 0.463 e. The first-order chi connectivity index (χ1) is 16.8. The number of aryl methyl sites for hydroxylation is 1. The van der Waals surface area contributed by atoms with E-state index in [0.29, 0.717) is 12.8 Å². The molecule has 1 fully saturated rings. The Morgan fingerprint density at radius 3 is 2.51 bits per heavy atom. The van der Waals surface area contributed by atoms with Crippen molar-refractivity contribution in [3.63, 3.8) is 0 Å². The fourth-order valence-electron chi connectivity index (χ4n) is 4.35. The van der Waals surface area contributed by atoms with Crippen molar-refractivity contribution in [1.29, 1.82) is 0 Å². The Hall–Kier alpha value is -3.03. The fraction of sp³-hybridized carbons (Fsp3) is 0.357. The predicted octanol–water partition coefficient (Wildman–Crippen LogP) is 6.17. The highest BCUT2D eigenvalue weighted by atomic mass is 32.1. The minimum atomic E-state index is -0.367. The van der Waals surface area contributed by atoms with Crippen molar-refractivity contribution < 1.29 is 28.2 Å². The first kappa shape index (κ1) is 25.1. The molecule has 4 rings (SSSR count). The summed E-state index contributed by atoms with van der Waals surface area (Å²) < 4.78 is 30.2. The van der Waals surface area contributed by atoms with Crippen LogP contribution in [0.4, 0.5) is 4.39 Å². The monoisotopic (exact) mass is 496 g/mol. The highest BCUT2D eigenvalue weighted by Gasteiger charge is 2.33. The van der Waals surface area contributed by atoms with Gasteiger partial charge in [0.05, 0.1) is 12.2 Å². The molecule has 35 heavy (non-hydrogen) atoms. The minimum Gasteiger partial charge on any atom is -0.463 e. The molecule has 0 radical (unpaired) electrons. The van der Waals surface area contributed by atoms with E-state index in [1.165, 1.54) is 42.0 Å². The van der Waals surface area contributed by atoms with Crippen molar-refractivity contribution in [3.8, 4) is 10.4 Å². The Kier molecular flexibility index (Phi) is 7.98. The van der Waals surface area contributed by atoms with Gasteiger partial charge >= 0.3 is 11.9 Å². The molecule has 1 saturated heterocycles. The summed E-state index contributed by atoms with van der Waals surface area (Å²) in [4.78, 5) is 25.2. The van der Waals surface area contributed by atoms with Gasteiger partial charge in [-0.15, -0.1) is 11.3 Å². The number of ether oxygens (including phenoxy) is 3. The van der Waals surface area contributed by atoms with Gasteiger partial charge in [-0.1, -0.05) is 30.3 Å². The molecule has 0 aliphatic carbocycles. The third kappa shape index (κ3) is 6.77. The van der Waals surface area contributed by atoms with Crippen LogP contribution in [0.15, 0.2) is 54.6 Å². The van der Waals surface area contributed by atoms with Crippen molar-refractivity contribution in [2.75, 3.05) is 6.61 Å². The summed E-state index contributed by atoms with van der Waals surface area (Å²) in [7, 11) is 0. The number of hydrogen-bond donors (Lipinski definition) is 0. The van der Waals surface area contributed by atoms with Gasteiger partial charge in [0.15, 0.2) is 0 Å². The molecule has 2 aromatic carbocycles. The Morgan fingerprint density at radius 1 is 1.03 bits per heavy atom. The van der Waals surface area contributed by atoms with Gasteiger partial charge in [-0.3, -0.25) is 9.59 Å². The van der Waals surface area contributed by atoms with Crippen LogP contribution < -0.4 is 0 Å². The van der Waals surface area contributed by atoms with E-state index in [0.717, 1.165) is 22.4 Å². The fourth-order valence-corrected chi connectivity index (χ4v) is 5.38. The summed E-state index contributed by atoms with van der Waals surface area (Å²) in [5.41, 5.74) is 4.36. The lowest BCUT2D eigenvalue weighted by Crippen LogP contribution is -2.36. The van der Waals surface area contributed by atoms with Crippen molar-refractivity contribution in [2.45, 2.75) is 58.3 Å². The van der Waals surface area contributed by atoms with E-state index < -0.39 is 0 Å². The lowest BCUT2D eigenvalue weighted by molar-refractivity contribution is -0.169. The number of rotatable bonds is 7. The Balaban J connectivity index is 1.52. The lowest BCUT2D eigenvalue weighted by atomic mass is 9.93. The third-order valence-electron chi connectivity index (χ3n) is 6.06. The molecule has 1 aliphatic heterocycles. The number of halogens is 1. The van der Waals surface area contributed by atoms with E-state index in [9.17, 15) is 14.0 Å². The van der Waals surface area contributed by atoms with E-state index >= 15 is 0 Å². The number of esters is 2. The highest BCUT2D eigenvalue weighted by Crippen LogP contribution is 2.35. The molecule has 0 N–H and O–H groups in total. The number of benzene rings is 2. The van der Waals surface area contributed by atoms with Crippen LogP contribution in [0, 0.1) is 12.7 Å². The summed E-state index contributed by atoms with van der Waals surface area (Å²) in [6.07, 6.45) is 0.888. The van der Waals surface area contributed by atoms with E-state index in [-0.39, 0.29) is 42.7 Å². The van der Waals surface area contributed by atoms with Gasteiger partial charge in [0, 0.05) is 42.9 Å². The van der Waals surface area contributed by atoms with Crippen molar-refractivity contribution in [1.82, 2.24) is 0 Å². The molecule has 3 atom stereocenters. The van der Waals surface area contributed by atoms with Gasteiger partial charge in [0.25, 0.3) is 0 Å². The van der Waals surface area contributed by atoms with Crippen LogP contribution in [0.3, 0.4) is 0 Å². The Labute approximate surface area is 208 Å². The molecule has 0 spiro atoms. The Morgan fingerprint density at radius 2 is 1.80 bits per heavy atom. The van der Waals surface area contributed by atoms with Crippen LogP contribution in [0.1, 0.15) is 54.4 Å². The smallest absolute Gasteiger partial charge is 0.302 e. The summed E-state index contributed by atoms with van der Waals surface area (Å²) in [5, 5.41) is 0. The second kappa shape index (κ2) is 11.1. The normalized spacial score (nSPS) is 19.8. The molecule has 1 aliphatic rings. The molecular weight excluding hydrogens is 467 g/mol. The highest BCUT2D eigenvalue weighted by molar-refractivity contribution is 7.15. The molecule has 2 heterocycles. The zero-order valence-corrected chi connectivity index (χ0v) is 20.9. The van der Waals surface area contributed by atoms with E-state index in [1.807, 2.05) is 6.07 Å². The van der Waals surface area contributed by atoms with Crippen LogP contribution in [0.25, 0.3) is 10.4 Å². The number of hydrogen-bond acceptors (Lipinski definition) is 6. The molecule has 7 heteroatoms. The van der Waals surface area contributed by atoms with Crippen LogP contribution in [0.2, 0.25) is 0 Å². The van der Waals surface area contributed by atoms with Crippen molar-refractivity contribution in [2.24, 2.45) is 0 Å².